The van der Waals surface area contributed by atoms with Gasteiger partial charge in [-0.15, -0.1) is 0 Å². The first-order chi connectivity index (χ1) is 17.5. The van der Waals surface area contributed by atoms with E-state index in [9.17, 15) is 9.59 Å². The van der Waals surface area contributed by atoms with E-state index in [1.807, 2.05) is 49.4 Å². The van der Waals surface area contributed by atoms with Crippen LogP contribution in [-0.2, 0) is 4.79 Å². The average molecular weight is 547 g/mol. The molecular weight excluding hydrogens is 524 g/mol. The summed E-state index contributed by atoms with van der Waals surface area (Å²) in [6.45, 7) is 2.03. The highest BCUT2D eigenvalue weighted by atomic mass is 79.9. The summed E-state index contributed by atoms with van der Waals surface area (Å²) in [5, 5.41) is 6.06. The number of rotatable bonds is 9. The molecule has 0 spiro atoms. The maximum Gasteiger partial charge on any atom is 0.343 e. The SMILES string of the molecule is CCOc1cc(C=NNC(=O)COc2ccc3cc(Br)ccc3c2)ccc1OC(=O)c1ccccc1. The summed E-state index contributed by atoms with van der Waals surface area (Å²) >= 11 is 3.45. The van der Waals surface area contributed by atoms with Crippen LogP contribution in [0.25, 0.3) is 10.8 Å². The Morgan fingerprint density at radius 1 is 0.889 bits per heavy atom. The van der Waals surface area contributed by atoms with Gasteiger partial charge in [0.05, 0.1) is 18.4 Å². The lowest BCUT2D eigenvalue weighted by Gasteiger charge is -2.11. The van der Waals surface area contributed by atoms with Crippen molar-refractivity contribution < 1.29 is 23.8 Å². The van der Waals surface area contributed by atoms with E-state index in [0.29, 0.717) is 35.0 Å². The molecule has 0 unspecified atom stereocenters. The number of hydrogen-bond acceptors (Lipinski definition) is 6. The van der Waals surface area contributed by atoms with Crippen LogP contribution in [0.4, 0.5) is 0 Å². The molecule has 36 heavy (non-hydrogen) atoms. The zero-order chi connectivity index (χ0) is 25.3. The van der Waals surface area contributed by atoms with Gasteiger partial charge in [0.25, 0.3) is 5.91 Å². The number of halogens is 1. The van der Waals surface area contributed by atoms with Crippen molar-refractivity contribution >= 4 is 44.8 Å². The molecule has 0 aliphatic carbocycles. The van der Waals surface area contributed by atoms with Crippen molar-refractivity contribution in [1.29, 1.82) is 0 Å². The van der Waals surface area contributed by atoms with Crippen LogP contribution in [0.5, 0.6) is 17.2 Å². The van der Waals surface area contributed by atoms with Crippen molar-refractivity contribution in [3.8, 4) is 17.2 Å². The molecule has 182 valence electrons. The maximum atomic E-state index is 12.4. The number of fused-ring (bicyclic) bond motifs is 1. The highest BCUT2D eigenvalue weighted by molar-refractivity contribution is 9.10. The van der Waals surface area contributed by atoms with E-state index in [2.05, 4.69) is 26.5 Å². The smallest absolute Gasteiger partial charge is 0.343 e. The summed E-state index contributed by atoms with van der Waals surface area (Å²) < 4.78 is 17.7. The van der Waals surface area contributed by atoms with E-state index in [1.165, 1.54) is 6.21 Å². The molecule has 0 saturated carbocycles. The predicted molar refractivity (Wildman–Crippen MR) is 142 cm³/mol. The van der Waals surface area contributed by atoms with Crippen LogP contribution in [0.1, 0.15) is 22.8 Å². The number of hydrazone groups is 1. The molecule has 0 aliphatic heterocycles. The van der Waals surface area contributed by atoms with Crippen molar-refractivity contribution in [2.45, 2.75) is 6.92 Å². The van der Waals surface area contributed by atoms with Gasteiger partial charge >= 0.3 is 5.97 Å². The van der Waals surface area contributed by atoms with Crippen molar-refractivity contribution in [3.63, 3.8) is 0 Å². The Bertz CT molecular complexity index is 1410. The number of nitrogens with zero attached hydrogens (tertiary/aromatic N) is 1. The summed E-state index contributed by atoms with van der Waals surface area (Å²) in [6.07, 6.45) is 1.47. The van der Waals surface area contributed by atoms with Crippen LogP contribution in [0.3, 0.4) is 0 Å². The Morgan fingerprint density at radius 3 is 2.47 bits per heavy atom. The number of benzene rings is 4. The summed E-state index contributed by atoms with van der Waals surface area (Å²) in [6, 6.07) is 25.3. The molecule has 4 aromatic carbocycles. The minimum atomic E-state index is -0.482. The van der Waals surface area contributed by atoms with Gasteiger partial charge in [-0.1, -0.05) is 46.3 Å². The number of nitrogens with one attached hydrogen (secondary N) is 1. The zero-order valence-electron chi connectivity index (χ0n) is 19.4. The van der Waals surface area contributed by atoms with Gasteiger partial charge in [-0.05, 0) is 77.9 Å². The van der Waals surface area contributed by atoms with Gasteiger partial charge in [0, 0.05) is 4.47 Å². The lowest BCUT2D eigenvalue weighted by molar-refractivity contribution is -0.123. The van der Waals surface area contributed by atoms with Crippen molar-refractivity contribution in [3.05, 3.63) is 101 Å². The molecule has 0 radical (unpaired) electrons. The predicted octanol–water partition coefficient (Wildman–Crippen LogP) is 5.75. The number of carbonyl (C=O) groups excluding carboxylic acids is 2. The van der Waals surface area contributed by atoms with E-state index in [4.69, 9.17) is 14.2 Å². The van der Waals surface area contributed by atoms with Gasteiger partial charge in [0.1, 0.15) is 5.75 Å². The third kappa shape index (κ3) is 6.70. The molecule has 0 saturated heterocycles. The summed E-state index contributed by atoms with van der Waals surface area (Å²) in [5.74, 6) is 0.391. The van der Waals surface area contributed by atoms with E-state index < -0.39 is 11.9 Å². The second-order valence-electron chi connectivity index (χ2n) is 7.63. The molecule has 0 fully saturated rings. The van der Waals surface area contributed by atoms with Crippen LogP contribution in [-0.4, -0.2) is 31.3 Å². The normalized spacial score (nSPS) is 10.8. The summed E-state index contributed by atoms with van der Waals surface area (Å²) in [5.41, 5.74) is 3.53. The molecule has 0 aromatic heterocycles. The zero-order valence-corrected chi connectivity index (χ0v) is 21.0. The van der Waals surface area contributed by atoms with E-state index in [0.717, 1.165) is 15.2 Å². The summed E-state index contributed by atoms with van der Waals surface area (Å²) in [4.78, 5) is 24.5. The van der Waals surface area contributed by atoms with Gasteiger partial charge in [0.15, 0.2) is 18.1 Å². The minimum Gasteiger partial charge on any atom is -0.490 e. The fourth-order valence-electron chi connectivity index (χ4n) is 3.34. The van der Waals surface area contributed by atoms with E-state index >= 15 is 0 Å². The number of esters is 1. The third-order valence-corrected chi connectivity index (χ3v) is 5.52. The van der Waals surface area contributed by atoms with Crippen molar-refractivity contribution in [2.24, 2.45) is 5.10 Å². The fourth-order valence-corrected chi connectivity index (χ4v) is 3.71. The molecule has 1 N–H and O–H groups in total. The standard InChI is InChI=1S/C28H23BrN2O5/c1-2-34-26-14-19(8-13-25(26)36-28(33)20-6-4-3-5-7-20)17-30-31-27(32)18-35-24-12-10-21-15-23(29)11-9-22(21)16-24/h3-17H,2,18H2,1H3,(H,31,32). The second-order valence-corrected chi connectivity index (χ2v) is 8.55. The van der Waals surface area contributed by atoms with Crippen molar-refractivity contribution in [2.75, 3.05) is 13.2 Å². The molecule has 7 nitrogen and oxygen atoms in total. The topological polar surface area (TPSA) is 86.2 Å². The van der Waals surface area contributed by atoms with Gasteiger partial charge in [0.2, 0.25) is 0 Å². The third-order valence-electron chi connectivity index (χ3n) is 5.03. The van der Waals surface area contributed by atoms with Crippen LogP contribution < -0.4 is 19.6 Å². The number of hydrogen-bond donors (Lipinski definition) is 1. The first-order valence-corrected chi connectivity index (χ1v) is 12.0. The lowest BCUT2D eigenvalue weighted by atomic mass is 10.1. The minimum absolute atomic E-state index is 0.183. The fraction of sp³-hybridized carbons (Fsp3) is 0.107. The highest BCUT2D eigenvalue weighted by Crippen LogP contribution is 2.29. The monoisotopic (exact) mass is 546 g/mol. The number of ether oxygens (including phenoxy) is 3. The Hall–Kier alpha value is -4.17. The van der Waals surface area contributed by atoms with Crippen LogP contribution >= 0.6 is 15.9 Å². The van der Waals surface area contributed by atoms with Gasteiger partial charge in [-0.3, -0.25) is 4.79 Å². The molecule has 0 heterocycles. The van der Waals surface area contributed by atoms with Gasteiger partial charge < -0.3 is 14.2 Å². The molecule has 0 bridgehead atoms. The van der Waals surface area contributed by atoms with Gasteiger partial charge in [-0.25, -0.2) is 10.2 Å². The largest absolute Gasteiger partial charge is 0.490 e. The molecule has 4 rings (SSSR count). The second kappa shape index (κ2) is 12.0. The first-order valence-electron chi connectivity index (χ1n) is 11.2. The van der Waals surface area contributed by atoms with Crippen LogP contribution in [0.15, 0.2) is 94.5 Å². The average Bonchev–Trinajstić information content (AvgIpc) is 2.89. The Morgan fingerprint density at radius 2 is 1.67 bits per heavy atom. The molecule has 0 aliphatic rings. The lowest BCUT2D eigenvalue weighted by Crippen LogP contribution is -2.24. The first kappa shape index (κ1) is 24.9. The molecule has 1 amide bonds. The van der Waals surface area contributed by atoms with Gasteiger partial charge in [-0.2, -0.15) is 5.10 Å². The molecule has 8 heteroatoms. The van der Waals surface area contributed by atoms with Crippen LogP contribution in [0.2, 0.25) is 0 Å². The maximum absolute atomic E-state index is 12.4. The quantitative estimate of drug-likeness (QED) is 0.125. The highest BCUT2D eigenvalue weighted by Gasteiger charge is 2.13. The molecule has 4 aromatic rings. The number of amides is 1. The van der Waals surface area contributed by atoms with E-state index in [-0.39, 0.29) is 6.61 Å². The van der Waals surface area contributed by atoms with E-state index in [1.54, 1.807) is 42.5 Å². The van der Waals surface area contributed by atoms with Crippen LogP contribution in [0, 0.1) is 0 Å². The Labute approximate surface area is 216 Å². The summed E-state index contributed by atoms with van der Waals surface area (Å²) in [7, 11) is 0. The number of carbonyl (C=O) groups is 2. The van der Waals surface area contributed by atoms with Crippen molar-refractivity contribution in [1.82, 2.24) is 5.43 Å². The molecular formula is C28H23BrN2O5. The Kier molecular flexibility index (Phi) is 8.31. The Balaban J connectivity index is 1.33. The molecule has 0 atom stereocenters.